The van der Waals surface area contributed by atoms with Gasteiger partial charge in [-0.1, -0.05) is 36.2 Å². The Morgan fingerprint density at radius 3 is 2.71 bits per heavy atom. The van der Waals surface area contributed by atoms with Crippen molar-refractivity contribution in [3.63, 3.8) is 0 Å². The molecule has 0 bridgehead atoms. The average molecular weight is 330 g/mol. The highest BCUT2D eigenvalue weighted by Crippen LogP contribution is 2.20. The zero-order valence-corrected chi connectivity index (χ0v) is 13.9. The van der Waals surface area contributed by atoms with E-state index in [0.717, 1.165) is 31.0 Å². The Balaban J connectivity index is 1.69. The summed E-state index contributed by atoms with van der Waals surface area (Å²) in [5.41, 5.74) is 1.01. The second-order valence-corrected chi connectivity index (χ2v) is 6.79. The lowest BCUT2D eigenvalue weighted by Crippen LogP contribution is -3.14. The number of likely N-dealkylation sites (tertiary alicyclic amines) is 1. The van der Waals surface area contributed by atoms with Crippen LogP contribution in [-0.4, -0.2) is 32.1 Å². The molecular formula is C16H23Cl2N2O+. The number of carbonyl (C=O) groups is 1. The Kier molecular flexibility index (Phi) is 6.34. The van der Waals surface area contributed by atoms with Crippen LogP contribution in [0.5, 0.6) is 0 Å². The number of halogens is 2. The van der Waals surface area contributed by atoms with Crippen LogP contribution in [0.2, 0.25) is 10.0 Å². The summed E-state index contributed by atoms with van der Waals surface area (Å²) >= 11 is 12.0. The molecule has 0 atom stereocenters. The average Bonchev–Trinajstić information content (AvgIpc) is 2.44. The fraction of sp³-hybridized carbons (Fsp3) is 0.562. The standard InChI is InChI=1S/C16H22Cl2N2O/c1-12-5-8-20(9-6-12)11-16(21)19-7-4-13-2-3-14(17)10-15(13)18/h2-3,10,12H,4-9,11H2,1H3,(H,19,21)/p+1. The van der Waals surface area contributed by atoms with Crippen LogP contribution in [0.25, 0.3) is 0 Å². The molecule has 1 aliphatic rings. The maximum Gasteiger partial charge on any atom is 0.275 e. The highest BCUT2D eigenvalue weighted by Gasteiger charge is 2.20. The van der Waals surface area contributed by atoms with E-state index >= 15 is 0 Å². The third-order valence-electron chi connectivity index (χ3n) is 4.12. The Morgan fingerprint density at radius 2 is 2.05 bits per heavy atom. The summed E-state index contributed by atoms with van der Waals surface area (Å²) in [4.78, 5) is 13.3. The van der Waals surface area contributed by atoms with E-state index in [4.69, 9.17) is 23.2 Å². The summed E-state index contributed by atoms with van der Waals surface area (Å²) in [5, 5.41) is 4.27. The van der Waals surface area contributed by atoms with Gasteiger partial charge in [-0.15, -0.1) is 0 Å². The number of carbonyl (C=O) groups excluding carboxylic acids is 1. The van der Waals surface area contributed by atoms with Crippen LogP contribution in [-0.2, 0) is 11.2 Å². The van der Waals surface area contributed by atoms with E-state index in [9.17, 15) is 4.79 Å². The molecular weight excluding hydrogens is 307 g/mol. The SMILES string of the molecule is CC1CC[NH+](CC(=O)NCCc2ccc(Cl)cc2Cl)CC1. The van der Waals surface area contributed by atoms with E-state index in [1.54, 1.807) is 6.07 Å². The number of quaternary nitrogens is 1. The number of benzene rings is 1. The van der Waals surface area contributed by atoms with Crippen LogP contribution >= 0.6 is 23.2 Å². The van der Waals surface area contributed by atoms with Crippen LogP contribution in [0.1, 0.15) is 25.3 Å². The first-order valence-corrected chi connectivity index (χ1v) is 8.34. The maximum absolute atomic E-state index is 11.9. The van der Waals surface area contributed by atoms with E-state index in [1.165, 1.54) is 17.7 Å². The van der Waals surface area contributed by atoms with Gasteiger partial charge in [0.1, 0.15) is 0 Å². The summed E-state index contributed by atoms with van der Waals surface area (Å²) in [6.45, 7) is 5.70. The molecule has 0 radical (unpaired) electrons. The van der Waals surface area contributed by atoms with Gasteiger partial charge in [0.25, 0.3) is 5.91 Å². The second kappa shape index (κ2) is 8.02. The van der Waals surface area contributed by atoms with Gasteiger partial charge < -0.3 is 10.2 Å². The minimum atomic E-state index is 0.129. The van der Waals surface area contributed by atoms with E-state index in [-0.39, 0.29) is 5.91 Å². The first-order chi connectivity index (χ1) is 10.0. The van der Waals surface area contributed by atoms with Gasteiger partial charge in [0.2, 0.25) is 0 Å². The van der Waals surface area contributed by atoms with Gasteiger partial charge >= 0.3 is 0 Å². The van der Waals surface area contributed by atoms with Crippen LogP contribution in [0.15, 0.2) is 18.2 Å². The molecule has 2 rings (SSSR count). The van der Waals surface area contributed by atoms with Crippen molar-refractivity contribution in [1.82, 2.24) is 5.32 Å². The number of piperidine rings is 1. The number of hydrogen-bond acceptors (Lipinski definition) is 1. The Labute approximate surface area is 136 Å². The third kappa shape index (κ3) is 5.50. The molecule has 2 N–H and O–H groups in total. The molecule has 0 aliphatic carbocycles. The summed E-state index contributed by atoms with van der Waals surface area (Å²) in [6, 6.07) is 5.47. The molecule has 1 saturated heterocycles. The Morgan fingerprint density at radius 1 is 1.33 bits per heavy atom. The van der Waals surface area contributed by atoms with Crippen LogP contribution in [0.3, 0.4) is 0 Å². The predicted octanol–water partition coefficient (Wildman–Crippen LogP) is 1.97. The van der Waals surface area contributed by atoms with Crippen LogP contribution < -0.4 is 10.2 Å². The van der Waals surface area contributed by atoms with Gasteiger partial charge in [0.15, 0.2) is 6.54 Å². The number of amides is 1. The molecule has 0 spiro atoms. The molecule has 1 aromatic rings. The quantitative estimate of drug-likeness (QED) is 0.850. The molecule has 116 valence electrons. The third-order valence-corrected chi connectivity index (χ3v) is 4.71. The fourth-order valence-corrected chi connectivity index (χ4v) is 3.20. The molecule has 1 aromatic carbocycles. The molecule has 1 aliphatic heterocycles. The van der Waals surface area contributed by atoms with Crippen molar-refractivity contribution in [3.8, 4) is 0 Å². The lowest BCUT2D eigenvalue weighted by Gasteiger charge is -2.26. The van der Waals surface area contributed by atoms with E-state index < -0.39 is 0 Å². The van der Waals surface area contributed by atoms with E-state index in [0.29, 0.717) is 23.1 Å². The van der Waals surface area contributed by atoms with Gasteiger partial charge in [-0.3, -0.25) is 4.79 Å². The first-order valence-electron chi connectivity index (χ1n) is 7.59. The Bertz CT molecular complexity index is 485. The summed E-state index contributed by atoms with van der Waals surface area (Å²) < 4.78 is 0. The monoisotopic (exact) mass is 329 g/mol. The highest BCUT2D eigenvalue weighted by atomic mass is 35.5. The fourth-order valence-electron chi connectivity index (χ4n) is 2.70. The normalized spacial score (nSPS) is 22.0. The lowest BCUT2D eigenvalue weighted by molar-refractivity contribution is -0.898. The molecule has 1 heterocycles. The van der Waals surface area contributed by atoms with Crippen molar-refractivity contribution >= 4 is 29.1 Å². The summed E-state index contributed by atoms with van der Waals surface area (Å²) in [6.07, 6.45) is 3.18. The summed E-state index contributed by atoms with van der Waals surface area (Å²) in [7, 11) is 0. The highest BCUT2D eigenvalue weighted by molar-refractivity contribution is 6.35. The molecule has 21 heavy (non-hydrogen) atoms. The van der Waals surface area contributed by atoms with Crippen LogP contribution in [0.4, 0.5) is 0 Å². The predicted molar refractivity (Wildman–Crippen MR) is 87.1 cm³/mol. The molecule has 0 unspecified atom stereocenters. The minimum Gasteiger partial charge on any atom is -0.351 e. The van der Waals surface area contributed by atoms with E-state index in [2.05, 4.69) is 12.2 Å². The largest absolute Gasteiger partial charge is 0.351 e. The van der Waals surface area contributed by atoms with Gasteiger partial charge in [-0.25, -0.2) is 0 Å². The van der Waals surface area contributed by atoms with Gasteiger partial charge in [-0.2, -0.15) is 0 Å². The van der Waals surface area contributed by atoms with Crippen molar-refractivity contribution in [2.24, 2.45) is 5.92 Å². The van der Waals surface area contributed by atoms with Gasteiger partial charge in [0.05, 0.1) is 13.1 Å². The van der Waals surface area contributed by atoms with Gasteiger partial charge in [0, 0.05) is 16.6 Å². The van der Waals surface area contributed by atoms with Crippen molar-refractivity contribution in [2.75, 3.05) is 26.2 Å². The molecule has 1 amide bonds. The zero-order chi connectivity index (χ0) is 15.2. The maximum atomic E-state index is 11.9. The molecule has 1 fully saturated rings. The van der Waals surface area contributed by atoms with Crippen molar-refractivity contribution in [1.29, 1.82) is 0 Å². The topological polar surface area (TPSA) is 33.5 Å². The second-order valence-electron chi connectivity index (χ2n) is 5.94. The smallest absolute Gasteiger partial charge is 0.275 e. The first kappa shape index (κ1) is 16.6. The van der Waals surface area contributed by atoms with Crippen molar-refractivity contribution in [2.45, 2.75) is 26.2 Å². The van der Waals surface area contributed by atoms with E-state index in [1.807, 2.05) is 12.1 Å². The summed E-state index contributed by atoms with van der Waals surface area (Å²) in [5.74, 6) is 0.938. The van der Waals surface area contributed by atoms with Crippen molar-refractivity contribution in [3.05, 3.63) is 33.8 Å². The van der Waals surface area contributed by atoms with Crippen molar-refractivity contribution < 1.29 is 9.69 Å². The number of nitrogens with one attached hydrogen (secondary N) is 2. The zero-order valence-electron chi connectivity index (χ0n) is 12.4. The van der Waals surface area contributed by atoms with Gasteiger partial charge in [-0.05, 0) is 42.9 Å². The van der Waals surface area contributed by atoms with Crippen LogP contribution in [0, 0.1) is 5.92 Å². The molecule has 0 saturated carbocycles. The minimum absolute atomic E-state index is 0.129. The molecule has 0 aromatic heterocycles. The molecule has 3 nitrogen and oxygen atoms in total. The lowest BCUT2D eigenvalue weighted by atomic mass is 9.99. The number of hydrogen-bond donors (Lipinski definition) is 2. The Hall–Kier alpha value is -0.770. The number of rotatable bonds is 5. The molecule has 5 heteroatoms.